The van der Waals surface area contributed by atoms with Crippen LogP contribution in [0.2, 0.25) is 0 Å². The summed E-state index contributed by atoms with van der Waals surface area (Å²) in [6.07, 6.45) is 2.34. The van der Waals surface area contributed by atoms with Gasteiger partial charge in [-0.25, -0.2) is 4.98 Å². The van der Waals surface area contributed by atoms with E-state index < -0.39 is 18.5 Å². The molecule has 1 N–H and O–H groups in total. The second-order valence-electron chi connectivity index (χ2n) is 6.83. The number of ether oxygens (including phenoxy) is 1. The monoisotopic (exact) mass is 393 g/mol. The number of hydrogen-bond acceptors (Lipinski definition) is 5. The molecular formula is C22H23N3O4. The van der Waals surface area contributed by atoms with Crippen LogP contribution in [0.4, 0.5) is 5.69 Å². The predicted octanol–water partition coefficient (Wildman–Crippen LogP) is 3.09. The summed E-state index contributed by atoms with van der Waals surface area (Å²) in [5.41, 5.74) is 2.05. The maximum Gasteiger partial charge on any atom is 0.326 e. The van der Waals surface area contributed by atoms with Crippen LogP contribution >= 0.6 is 0 Å². The average molecular weight is 393 g/mol. The molecule has 2 aromatic carbocycles. The van der Waals surface area contributed by atoms with E-state index in [1.165, 1.54) is 11.9 Å². The lowest BCUT2D eigenvalue weighted by Crippen LogP contribution is -2.28. The third kappa shape index (κ3) is 5.07. The second-order valence-corrected chi connectivity index (χ2v) is 6.83. The van der Waals surface area contributed by atoms with E-state index in [9.17, 15) is 14.4 Å². The van der Waals surface area contributed by atoms with Crippen molar-refractivity contribution in [3.63, 3.8) is 0 Å². The van der Waals surface area contributed by atoms with Crippen molar-refractivity contribution in [2.45, 2.75) is 32.7 Å². The van der Waals surface area contributed by atoms with Gasteiger partial charge >= 0.3 is 5.97 Å². The lowest BCUT2D eigenvalue weighted by Gasteiger charge is -2.11. The number of aromatic nitrogens is 2. The number of hydrogen-bond donors (Lipinski definition) is 1. The molecule has 150 valence electrons. The summed E-state index contributed by atoms with van der Waals surface area (Å²) < 4.78 is 6.15. The minimum atomic E-state index is -0.688. The van der Waals surface area contributed by atoms with Crippen molar-refractivity contribution in [2.24, 2.45) is 0 Å². The highest BCUT2D eigenvalue weighted by molar-refractivity contribution is 5.92. The number of benzene rings is 2. The number of amides is 1. The molecule has 1 heterocycles. The number of esters is 1. The van der Waals surface area contributed by atoms with Crippen molar-refractivity contribution in [3.8, 4) is 0 Å². The highest BCUT2D eigenvalue weighted by Crippen LogP contribution is 2.20. The van der Waals surface area contributed by atoms with Crippen LogP contribution in [0.25, 0.3) is 10.9 Å². The summed E-state index contributed by atoms with van der Waals surface area (Å²) >= 11 is 0. The van der Waals surface area contributed by atoms with Crippen LogP contribution in [0.5, 0.6) is 0 Å². The van der Waals surface area contributed by atoms with Gasteiger partial charge in [0.2, 0.25) is 0 Å². The molecule has 7 heteroatoms. The molecule has 1 aromatic heterocycles. The Morgan fingerprint density at radius 3 is 2.59 bits per heavy atom. The Kier molecular flexibility index (Phi) is 6.39. The topological polar surface area (TPSA) is 90.3 Å². The zero-order valence-electron chi connectivity index (χ0n) is 16.4. The number of carbonyl (C=O) groups is 2. The smallest absolute Gasteiger partial charge is 0.326 e. The highest BCUT2D eigenvalue weighted by atomic mass is 16.5. The van der Waals surface area contributed by atoms with Crippen LogP contribution < -0.4 is 10.9 Å². The quantitative estimate of drug-likeness (QED) is 0.623. The molecule has 7 nitrogen and oxygen atoms in total. The Balaban J connectivity index is 1.53. The zero-order chi connectivity index (χ0) is 20.8. The molecule has 1 amide bonds. The molecule has 0 spiro atoms. The maximum atomic E-state index is 12.4. The maximum absolute atomic E-state index is 12.4. The van der Waals surface area contributed by atoms with Crippen molar-refractivity contribution in [1.29, 1.82) is 0 Å². The van der Waals surface area contributed by atoms with Crippen molar-refractivity contribution in [3.05, 3.63) is 70.8 Å². The standard InChI is InChI=1S/C22H23N3O4/c1-3-15(2)16-8-10-17(11-9-16)24-20(26)13-29-21(27)12-25-14-23-19-7-5-4-6-18(19)22(25)28/h4-11,14-15H,3,12-13H2,1-2H3,(H,24,26)/t15-/m1/s1. The minimum Gasteiger partial charge on any atom is -0.454 e. The van der Waals surface area contributed by atoms with E-state index in [1.54, 1.807) is 24.3 Å². The van der Waals surface area contributed by atoms with Gasteiger partial charge < -0.3 is 10.1 Å². The third-order valence-electron chi connectivity index (χ3n) is 4.77. The first-order valence-electron chi connectivity index (χ1n) is 9.47. The Morgan fingerprint density at radius 1 is 1.14 bits per heavy atom. The third-order valence-corrected chi connectivity index (χ3v) is 4.77. The van der Waals surface area contributed by atoms with Gasteiger partial charge in [0.15, 0.2) is 6.61 Å². The average Bonchev–Trinajstić information content (AvgIpc) is 2.74. The lowest BCUT2D eigenvalue weighted by atomic mass is 9.99. The molecule has 3 aromatic rings. The molecule has 1 atom stereocenters. The number of fused-ring (bicyclic) bond motifs is 1. The number of nitrogens with one attached hydrogen (secondary N) is 1. The summed E-state index contributed by atoms with van der Waals surface area (Å²) in [6, 6.07) is 14.5. The fourth-order valence-corrected chi connectivity index (χ4v) is 2.88. The van der Waals surface area contributed by atoms with E-state index in [-0.39, 0.29) is 12.1 Å². The number of anilines is 1. The molecule has 0 aliphatic carbocycles. The van der Waals surface area contributed by atoms with Gasteiger partial charge in [0, 0.05) is 5.69 Å². The SMILES string of the molecule is CC[C@@H](C)c1ccc(NC(=O)COC(=O)Cn2cnc3ccccc3c2=O)cc1. The molecule has 0 bridgehead atoms. The van der Waals surface area contributed by atoms with Crippen molar-refractivity contribution < 1.29 is 14.3 Å². The Bertz CT molecular complexity index is 1070. The molecule has 0 unspecified atom stereocenters. The van der Waals surface area contributed by atoms with Crippen molar-refractivity contribution in [2.75, 3.05) is 11.9 Å². The first kappa shape index (κ1) is 20.3. The second kappa shape index (κ2) is 9.14. The van der Waals surface area contributed by atoms with E-state index >= 15 is 0 Å². The summed E-state index contributed by atoms with van der Waals surface area (Å²) in [5.74, 6) is -0.682. The van der Waals surface area contributed by atoms with Crippen LogP contribution in [-0.2, 0) is 20.9 Å². The Hall–Kier alpha value is -3.48. The van der Waals surface area contributed by atoms with Crippen LogP contribution in [0.1, 0.15) is 31.7 Å². The largest absolute Gasteiger partial charge is 0.454 e. The molecule has 0 saturated carbocycles. The lowest BCUT2D eigenvalue weighted by molar-refractivity contribution is -0.147. The molecule has 0 saturated heterocycles. The molecule has 3 rings (SSSR count). The first-order chi connectivity index (χ1) is 14.0. The van der Waals surface area contributed by atoms with Gasteiger partial charge in [-0.15, -0.1) is 0 Å². The molecule has 0 aliphatic rings. The van der Waals surface area contributed by atoms with Crippen LogP contribution in [0.15, 0.2) is 59.7 Å². The molecule has 29 heavy (non-hydrogen) atoms. The van der Waals surface area contributed by atoms with Gasteiger partial charge in [0.25, 0.3) is 11.5 Å². The van der Waals surface area contributed by atoms with Crippen LogP contribution in [-0.4, -0.2) is 28.0 Å². The minimum absolute atomic E-state index is 0.312. The molecule has 0 aliphatic heterocycles. The highest BCUT2D eigenvalue weighted by Gasteiger charge is 2.11. The fourth-order valence-electron chi connectivity index (χ4n) is 2.88. The van der Waals surface area contributed by atoms with Crippen molar-refractivity contribution >= 4 is 28.5 Å². The number of carbonyl (C=O) groups excluding carboxylic acids is 2. The van der Waals surface area contributed by atoms with Gasteiger partial charge in [0.1, 0.15) is 6.54 Å². The van der Waals surface area contributed by atoms with Gasteiger partial charge in [0.05, 0.1) is 17.2 Å². The summed E-state index contributed by atoms with van der Waals surface area (Å²) in [4.78, 5) is 40.6. The van der Waals surface area contributed by atoms with Gasteiger partial charge in [-0.3, -0.25) is 19.0 Å². The van der Waals surface area contributed by atoms with E-state index in [2.05, 4.69) is 24.1 Å². The molecule has 0 radical (unpaired) electrons. The van der Waals surface area contributed by atoms with Crippen molar-refractivity contribution in [1.82, 2.24) is 9.55 Å². The number of rotatable bonds is 7. The Morgan fingerprint density at radius 2 is 1.86 bits per heavy atom. The fraction of sp³-hybridized carbons (Fsp3) is 0.273. The summed E-state index contributed by atoms with van der Waals surface area (Å²) in [7, 11) is 0. The van der Waals surface area contributed by atoms with E-state index in [0.29, 0.717) is 22.5 Å². The normalized spacial score (nSPS) is 11.8. The molecular weight excluding hydrogens is 370 g/mol. The van der Waals surface area contributed by atoms with Gasteiger partial charge in [-0.05, 0) is 42.2 Å². The van der Waals surface area contributed by atoms with E-state index in [0.717, 1.165) is 11.0 Å². The predicted molar refractivity (Wildman–Crippen MR) is 111 cm³/mol. The van der Waals surface area contributed by atoms with Gasteiger partial charge in [-0.1, -0.05) is 38.1 Å². The summed E-state index contributed by atoms with van der Waals surface area (Å²) in [5, 5.41) is 3.10. The number of para-hydroxylation sites is 1. The number of nitrogens with zero attached hydrogens (tertiary/aromatic N) is 2. The van der Waals surface area contributed by atoms with E-state index in [4.69, 9.17) is 4.74 Å². The Labute approximate surface area is 168 Å². The van der Waals surface area contributed by atoms with Gasteiger partial charge in [-0.2, -0.15) is 0 Å². The van der Waals surface area contributed by atoms with Crippen LogP contribution in [0.3, 0.4) is 0 Å². The zero-order valence-corrected chi connectivity index (χ0v) is 16.4. The van der Waals surface area contributed by atoms with E-state index in [1.807, 2.05) is 24.3 Å². The summed E-state index contributed by atoms with van der Waals surface area (Å²) in [6.45, 7) is 3.52. The molecule has 0 fully saturated rings. The first-order valence-corrected chi connectivity index (χ1v) is 9.47. The van der Waals surface area contributed by atoms with Crippen LogP contribution in [0, 0.1) is 0 Å².